The van der Waals surface area contributed by atoms with E-state index in [1.807, 2.05) is 12.1 Å². The van der Waals surface area contributed by atoms with E-state index in [4.69, 9.17) is 5.73 Å². The monoisotopic (exact) mass is 496 g/mol. The maximum absolute atomic E-state index is 13.0. The number of aromatic nitrogens is 6. The molecule has 0 spiro atoms. The first-order valence-electron chi connectivity index (χ1n) is 12.3. The predicted molar refractivity (Wildman–Crippen MR) is 139 cm³/mol. The van der Waals surface area contributed by atoms with Gasteiger partial charge >= 0.3 is 0 Å². The van der Waals surface area contributed by atoms with Crippen molar-refractivity contribution in [3.63, 3.8) is 0 Å². The highest BCUT2D eigenvalue weighted by Crippen LogP contribution is 2.26. The summed E-state index contributed by atoms with van der Waals surface area (Å²) in [5.74, 6) is 0.729. The molecule has 0 saturated heterocycles. The number of hydrogen-bond donors (Lipinski definition) is 3. The van der Waals surface area contributed by atoms with Gasteiger partial charge in [-0.15, -0.1) is 0 Å². The number of benzene rings is 2. The van der Waals surface area contributed by atoms with E-state index in [1.54, 1.807) is 23.1 Å². The fourth-order valence-corrected chi connectivity index (χ4v) is 4.40. The van der Waals surface area contributed by atoms with E-state index in [9.17, 15) is 9.59 Å². The third-order valence-electron chi connectivity index (χ3n) is 6.29. The average molecular weight is 497 g/mol. The smallest absolute Gasteiger partial charge is 0.252 e. The van der Waals surface area contributed by atoms with Crippen molar-refractivity contribution in [3.8, 4) is 11.3 Å². The highest BCUT2D eigenvalue weighted by Gasteiger charge is 2.19. The Labute approximate surface area is 213 Å². The molecule has 0 aliphatic heterocycles. The number of hydrogen-bond acceptors (Lipinski definition) is 6. The van der Waals surface area contributed by atoms with E-state index >= 15 is 0 Å². The van der Waals surface area contributed by atoms with Crippen LogP contribution in [0.5, 0.6) is 0 Å². The number of unbranched alkanes of at least 4 members (excludes halogenated alkanes) is 2. The van der Waals surface area contributed by atoms with Crippen LogP contribution in [-0.2, 0) is 16.0 Å². The first-order chi connectivity index (χ1) is 18.0. The van der Waals surface area contributed by atoms with Crippen molar-refractivity contribution in [1.82, 2.24) is 34.9 Å². The van der Waals surface area contributed by atoms with Gasteiger partial charge < -0.3 is 16.0 Å². The van der Waals surface area contributed by atoms with Gasteiger partial charge in [0.2, 0.25) is 11.8 Å². The number of nitrogens with two attached hydrogens (primary N) is 1. The van der Waals surface area contributed by atoms with Crippen molar-refractivity contribution in [2.24, 2.45) is 5.73 Å². The molecule has 5 rings (SSSR count). The molecule has 2 aromatic carbocycles. The average Bonchev–Trinajstić information content (AvgIpc) is 3.57. The third-order valence-corrected chi connectivity index (χ3v) is 6.29. The molecule has 188 valence electrons. The highest BCUT2D eigenvalue weighted by atomic mass is 16.2. The Morgan fingerprint density at radius 2 is 1.86 bits per heavy atom. The molecular weight excluding hydrogens is 468 g/mol. The Morgan fingerprint density at radius 3 is 2.73 bits per heavy atom. The van der Waals surface area contributed by atoms with Gasteiger partial charge in [-0.05, 0) is 35.2 Å². The second-order valence-electron chi connectivity index (χ2n) is 9.07. The van der Waals surface area contributed by atoms with E-state index in [-0.39, 0.29) is 24.3 Å². The van der Waals surface area contributed by atoms with Crippen molar-refractivity contribution in [2.75, 3.05) is 0 Å². The van der Waals surface area contributed by atoms with Crippen molar-refractivity contribution in [1.29, 1.82) is 0 Å². The summed E-state index contributed by atoms with van der Waals surface area (Å²) in [6.45, 7) is 0. The standard InChI is InChI=1S/C27H28N8O2/c28-24(36)9-3-1-2-8-22(33-25(37)12-18-14-30-27-31-17-32-35(27)16-18)26-29-15-23(34-26)21-11-10-19-6-4-5-7-20(19)13-21/h4-7,10-11,13-17,22H,1-3,8-9,12H2,(H2,28,36)(H,29,34)(H,33,37)/t22-/m0/s1. The zero-order valence-electron chi connectivity index (χ0n) is 20.3. The van der Waals surface area contributed by atoms with Gasteiger partial charge in [0.25, 0.3) is 5.78 Å². The molecule has 0 radical (unpaired) electrons. The first-order valence-corrected chi connectivity index (χ1v) is 12.3. The number of carbonyl (C=O) groups is 2. The normalized spacial score (nSPS) is 12.1. The summed E-state index contributed by atoms with van der Waals surface area (Å²) in [5.41, 5.74) is 7.90. The third kappa shape index (κ3) is 5.97. The van der Waals surface area contributed by atoms with Crippen LogP contribution in [0.2, 0.25) is 0 Å². The van der Waals surface area contributed by atoms with Gasteiger partial charge in [0.15, 0.2) is 0 Å². The SMILES string of the molecule is NC(=O)CCCCC[C@H](NC(=O)Cc1cnc2ncnn2c1)c1ncc(-c2ccc3ccccc3c2)[nH]1. The lowest BCUT2D eigenvalue weighted by Crippen LogP contribution is -2.30. The Hall–Kier alpha value is -4.60. The number of imidazole rings is 1. The lowest BCUT2D eigenvalue weighted by atomic mass is 10.1. The van der Waals surface area contributed by atoms with Crippen molar-refractivity contribution < 1.29 is 9.59 Å². The molecule has 0 saturated carbocycles. The molecule has 3 heterocycles. The minimum absolute atomic E-state index is 0.146. The summed E-state index contributed by atoms with van der Waals surface area (Å²) < 4.78 is 1.54. The molecule has 10 heteroatoms. The number of aromatic amines is 1. The molecule has 2 amide bonds. The number of primary amides is 1. The summed E-state index contributed by atoms with van der Waals surface area (Å²) in [5, 5.41) is 9.52. The second-order valence-corrected chi connectivity index (χ2v) is 9.07. The molecule has 37 heavy (non-hydrogen) atoms. The lowest BCUT2D eigenvalue weighted by Gasteiger charge is -2.17. The quantitative estimate of drug-likeness (QED) is 0.239. The number of carbonyl (C=O) groups excluding carboxylic acids is 2. The second kappa shape index (κ2) is 11.0. The molecule has 5 aromatic rings. The number of rotatable bonds is 11. The summed E-state index contributed by atoms with van der Waals surface area (Å²) in [4.78, 5) is 40.3. The van der Waals surface area contributed by atoms with E-state index in [0.29, 0.717) is 24.4 Å². The topological polar surface area (TPSA) is 144 Å². The fourth-order valence-electron chi connectivity index (χ4n) is 4.40. The van der Waals surface area contributed by atoms with E-state index in [2.05, 4.69) is 60.7 Å². The van der Waals surface area contributed by atoms with Crippen LogP contribution in [-0.4, -0.2) is 41.4 Å². The molecule has 0 fully saturated rings. The Balaban J connectivity index is 1.31. The highest BCUT2D eigenvalue weighted by molar-refractivity contribution is 5.86. The van der Waals surface area contributed by atoms with Crippen LogP contribution < -0.4 is 11.1 Å². The predicted octanol–water partition coefficient (Wildman–Crippen LogP) is 3.50. The Bertz CT molecular complexity index is 1540. The van der Waals surface area contributed by atoms with Crippen LogP contribution >= 0.6 is 0 Å². The molecule has 0 aliphatic rings. The molecule has 3 aromatic heterocycles. The molecule has 0 bridgehead atoms. The van der Waals surface area contributed by atoms with Crippen LogP contribution in [0.15, 0.2) is 67.4 Å². The Kier molecular flexibility index (Phi) is 7.16. The number of amides is 2. The van der Waals surface area contributed by atoms with Gasteiger partial charge in [-0.3, -0.25) is 9.59 Å². The largest absolute Gasteiger partial charge is 0.370 e. The number of fused-ring (bicyclic) bond motifs is 2. The number of nitrogens with zero attached hydrogens (tertiary/aromatic N) is 5. The number of H-pyrrole nitrogens is 1. The van der Waals surface area contributed by atoms with Gasteiger partial charge in [-0.1, -0.05) is 49.2 Å². The molecule has 0 unspecified atom stereocenters. The van der Waals surface area contributed by atoms with Crippen LogP contribution in [0.1, 0.15) is 49.5 Å². The van der Waals surface area contributed by atoms with Crippen molar-refractivity contribution >= 4 is 28.4 Å². The van der Waals surface area contributed by atoms with Crippen LogP contribution in [0, 0.1) is 0 Å². The van der Waals surface area contributed by atoms with Gasteiger partial charge in [-0.25, -0.2) is 14.5 Å². The van der Waals surface area contributed by atoms with E-state index in [1.165, 1.54) is 11.7 Å². The van der Waals surface area contributed by atoms with Crippen LogP contribution in [0.3, 0.4) is 0 Å². The van der Waals surface area contributed by atoms with Gasteiger partial charge in [0, 0.05) is 24.4 Å². The molecular formula is C27H28N8O2. The summed E-state index contributed by atoms with van der Waals surface area (Å²) >= 11 is 0. The van der Waals surface area contributed by atoms with Gasteiger partial charge in [0.05, 0.1) is 24.4 Å². The first kappa shape index (κ1) is 24.1. The molecule has 10 nitrogen and oxygen atoms in total. The van der Waals surface area contributed by atoms with E-state index < -0.39 is 0 Å². The van der Waals surface area contributed by atoms with Crippen LogP contribution in [0.25, 0.3) is 27.8 Å². The van der Waals surface area contributed by atoms with E-state index in [0.717, 1.165) is 41.5 Å². The number of nitrogens with one attached hydrogen (secondary N) is 2. The molecule has 0 aliphatic carbocycles. The maximum Gasteiger partial charge on any atom is 0.252 e. The summed E-state index contributed by atoms with van der Waals surface area (Å²) in [6, 6.07) is 14.2. The van der Waals surface area contributed by atoms with Crippen molar-refractivity contribution in [3.05, 3.63) is 78.8 Å². The van der Waals surface area contributed by atoms with Gasteiger partial charge in [-0.2, -0.15) is 10.1 Å². The zero-order valence-corrected chi connectivity index (χ0v) is 20.3. The van der Waals surface area contributed by atoms with Crippen LogP contribution in [0.4, 0.5) is 0 Å². The van der Waals surface area contributed by atoms with Crippen molar-refractivity contribution in [2.45, 2.75) is 44.6 Å². The summed E-state index contributed by atoms with van der Waals surface area (Å²) in [7, 11) is 0. The minimum Gasteiger partial charge on any atom is -0.370 e. The zero-order chi connectivity index (χ0) is 25.6. The Morgan fingerprint density at radius 1 is 1.00 bits per heavy atom. The minimum atomic E-state index is -0.307. The lowest BCUT2D eigenvalue weighted by molar-refractivity contribution is -0.121. The summed E-state index contributed by atoms with van der Waals surface area (Å²) in [6.07, 6.45) is 10.2. The molecule has 1 atom stereocenters. The van der Waals surface area contributed by atoms with Gasteiger partial charge in [0.1, 0.15) is 12.2 Å². The maximum atomic E-state index is 13.0. The fraction of sp³-hybridized carbons (Fsp3) is 0.259. The molecule has 4 N–H and O–H groups in total.